The third-order valence-electron chi connectivity index (χ3n) is 3.12. The van der Waals surface area contributed by atoms with Gasteiger partial charge in [0.05, 0.1) is 0 Å². The second-order valence-corrected chi connectivity index (χ2v) is 4.20. The van der Waals surface area contributed by atoms with E-state index in [1.54, 1.807) is 0 Å². The van der Waals surface area contributed by atoms with Crippen molar-refractivity contribution in [1.29, 1.82) is 0 Å². The van der Waals surface area contributed by atoms with E-state index in [-0.39, 0.29) is 0 Å². The molecule has 0 amide bonds. The normalized spacial score (nSPS) is 11.9. The van der Waals surface area contributed by atoms with Crippen LogP contribution in [0.5, 0.6) is 0 Å². The molecule has 1 nitrogen and oxygen atoms in total. The van der Waals surface area contributed by atoms with Crippen LogP contribution in [0.25, 0.3) is 6.08 Å². The minimum Gasteiger partial charge on any atom is -0.345 e. The molecule has 1 unspecified atom stereocenters. The molecule has 0 heterocycles. The van der Waals surface area contributed by atoms with E-state index < -0.39 is 0 Å². The molecule has 0 radical (unpaired) electrons. The zero-order valence-electron chi connectivity index (χ0n) is 11.0. The molecule has 1 rings (SSSR count). The lowest BCUT2D eigenvalue weighted by Gasteiger charge is -2.31. The van der Waals surface area contributed by atoms with E-state index in [0.29, 0.717) is 6.04 Å². The smallest absolute Gasteiger partial charge is 0.0481 e. The Labute approximate surface area is 105 Å². The molecule has 0 fully saturated rings. The first kappa shape index (κ1) is 13.6. The molecular weight excluding hydrogens is 206 g/mol. The van der Waals surface area contributed by atoms with Crippen LogP contribution in [-0.4, -0.2) is 6.04 Å². The number of para-hydroxylation sites is 1. The van der Waals surface area contributed by atoms with Crippen LogP contribution < -0.4 is 4.90 Å². The van der Waals surface area contributed by atoms with Gasteiger partial charge in [-0.1, -0.05) is 57.7 Å². The van der Waals surface area contributed by atoms with Gasteiger partial charge < -0.3 is 4.90 Å². The van der Waals surface area contributed by atoms with Crippen molar-refractivity contribution in [3.05, 3.63) is 49.2 Å². The Hall–Kier alpha value is -1.50. The van der Waals surface area contributed by atoms with Gasteiger partial charge in [0.1, 0.15) is 0 Å². The van der Waals surface area contributed by atoms with E-state index in [2.05, 4.69) is 50.1 Å². The van der Waals surface area contributed by atoms with Gasteiger partial charge in [0.2, 0.25) is 0 Å². The van der Waals surface area contributed by atoms with Crippen molar-refractivity contribution >= 4 is 11.8 Å². The van der Waals surface area contributed by atoms with Crippen molar-refractivity contribution in [3.8, 4) is 0 Å². The Bertz CT molecular complexity index is 368. The number of anilines is 1. The second-order valence-electron chi connectivity index (χ2n) is 4.20. The van der Waals surface area contributed by atoms with Crippen LogP contribution in [0, 0.1) is 0 Å². The number of hydrogen-bond donors (Lipinski definition) is 0. The molecule has 17 heavy (non-hydrogen) atoms. The predicted octanol–water partition coefficient (Wildman–Crippen LogP) is 4.86. The average molecular weight is 229 g/mol. The number of benzene rings is 1. The molecule has 0 aliphatic rings. The molecule has 1 heteroatoms. The van der Waals surface area contributed by atoms with E-state index >= 15 is 0 Å². The standard InChI is InChI=1S/C16H23N/c1-5-11-15(7-3)17(8-4)16-13-10-9-12-14(16)6-2/h6,8-10,12-13,15H,2,4-5,7,11H2,1,3H3. The first-order chi connectivity index (χ1) is 8.28. The van der Waals surface area contributed by atoms with Gasteiger partial charge >= 0.3 is 0 Å². The molecule has 92 valence electrons. The van der Waals surface area contributed by atoms with Crippen molar-refractivity contribution in [2.45, 2.75) is 39.2 Å². The maximum atomic E-state index is 3.96. The fourth-order valence-electron chi connectivity index (χ4n) is 2.21. The lowest BCUT2D eigenvalue weighted by molar-refractivity contribution is 0.569. The van der Waals surface area contributed by atoms with Crippen LogP contribution in [0.3, 0.4) is 0 Å². The van der Waals surface area contributed by atoms with Crippen LogP contribution in [0.2, 0.25) is 0 Å². The van der Waals surface area contributed by atoms with Crippen molar-refractivity contribution in [2.24, 2.45) is 0 Å². The van der Waals surface area contributed by atoms with Crippen LogP contribution in [0.4, 0.5) is 5.69 Å². The highest BCUT2D eigenvalue weighted by Gasteiger charge is 2.15. The molecule has 1 aromatic carbocycles. The van der Waals surface area contributed by atoms with Gasteiger partial charge in [0.25, 0.3) is 0 Å². The number of rotatable bonds is 7. The molecule has 0 aromatic heterocycles. The van der Waals surface area contributed by atoms with Crippen LogP contribution in [0.1, 0.15) is 38.7 Å². The lowest BCUT2D eigenvalue weighted by atomic mass is 10.0. The van der Waals surface area contributed by atoms with Crippen molar-refractivity contribution < 1.29 is 0 Å². The van der Waals surface area contributed by atoms with Crippen LogP contribution in [-0.2, 0) is 0 Å². The first-order valence-electron chi connectivity index (χ1n) is 6.40. The summed E-state index contributed by atoms with van der Waals surface area (Å²) >= 11 is 0. The van der Waals surface area contributed by atoms with Crippen LogP contribution in [0.15, 0.2) is 43.6 Å². The van der Waals surface area contributed by atoms with Gasteiger partial charge in [-0.15, -0.1) is 0 Å². The Balaban J connectivity index is 3.07. The van der Waals surface area contributed by atoms with E-state index in [0.717, 1.165) is 6.42 Å². The Kier molecular flexibility index (Phi) is 5.55. The SMILES string of the molecule is C=Cc1ccccc1N(C=C)C(CC)CCC. The Morgan fingerprint density at radius 1 is 1.24 bits per heavy atom. The molecule has 0 spiro atoms. The predicted molar refractivity (Wildman–Crippen MR) is 78.2 cm³/mol. The molecule has 0 saturated carbocycles. The summed E-state index contributed by atoms with van der Waals surface area (Å²) in [7, 11) is 0. The highest BCUT2D eigenvalue weighted by molar-refractivity contribution is 5.68. The first-order valence-corrected chi connectivity index (χ1v) is 6.40. The molecule has 1 atom stereocenters. The number of nitrogens with zero attached hydrogens (tertiary/aromatic N) is 1. The molecule has 0 saturated heterocycles. The maximum absolute atomic E-state index is 3.96. The van der Waals surface area contributed by atoms with Crippen LogP contribution >= 0.6 is 0 Å². The largest absolute Gasteiger partial charge is 0.345 e. The summed E-state index contributed by atoms with van der Waals surface area (Å²) in [4.78, 5) is 2.28. The van der Waals surface area contributed by atoms with Crippen molar-refractivity contribution in [1.82, 2.24) is 0 Å². The average Bonchev–Trinajstić information content (AvgIpc) is 2.39. The highest BCUT2D eigenvalue weighted by Crippen LogP contribution is 2.26. The summed E-state index contributed by atoms with van der Waals surface area (Å²) in [6.45, 7) is 12.3. The minimum atomic E-state index is 0.526. The topological polar surface area (TPSA) is 3.24 Å². The van der Waals surface area contributed by atoms with Gasteiger partial charge in [0, 0.05) is 11.7 Å². The summed E-state index contributed by atoms with van der Waals surface area (Å²) in [6, 6.07) is 8.87. The Morgan fingerprint density at radius 2 is 1.94 bits per heavy atom. The number of hydrogen-bond acceptors (Lipinski definition) is 1. The van der Waals surface area contributed by atoms with E-state index in [9.17, 15) is 0 Å². The summed E-state index contributed by atoms with van der Waals surface area (Å²) < 4.78 is 0. The third-order valence-corrected chi connectivity index (χ3v) is 3.12. The minimum absolute atomic E-state index is 0.526. The summed E-state index contributed by atoms with van der Waals surface area (Å²) in [6.07, 6.45) is 7.36. The lowest BCUT2D eigenvalue weighted by Crippen LogP contribution is -2.30. The molecule has 0 bridgehead atoms. The zero-order chi connectivity index (χ0) is 12.7. The van der Waals surface area contributed by atoms with Gasteiger partial charge in [-0.3, -0.25) is 0 Å². The van der Waals surface area contributed by atoms with Gasteiger partial charge in [-0.05, 0) is 30.7 Å². The molecule has 0 aliphatic carbocycles. The highest BCUT2D eigenvalue weighted by atomic mass is 15.1. The fraction of sp³-hybridized carbons (Fsp3) is 0.375. The molecule has 0 aliphatic heterocycles. The quantitative estimate of drug-likeness (QED) is 0.645. The van der Waals surface area contributed by atoms with E-state index in [4.69, 9.17) is 0 Å². The maximum Gasteiger partial charge on any atom is 0.0481 e. The van der Waals surface area contributed by atoms with E-state index in [1.807, 2.05) is 18.3 Å². The fourth-order valence-corrected chi connectivity index (χ4v) is 2.21. The third kappa shape index (κ3) is 3.23. The summed E-state index contributed by atoms with van der Waals surface area (Å²) in [5, 5.41) is 0. The molecule has 1 aromatic rings. The molecule has 0 N–H and O–H groups in total. The molecular formula is C16H23N. The monoisotopic (exact) mass is 229 g/mol. The van der Waals surface area contributed by atoms with Gasteiger partial charge in [0.15, 0.2) is 0 Å². The second kappa shape index (κ2) is 6.95. The van der Waals surface area contributed by atoms with Gasteiger partial charge in [-0.2, -0.15) is 0 Å². The van der Waals surface area contributed by atoms with E-state index in [1.165, 1.54) is 24.1 Å². The summed E-state index contributed by atoms with van der Waals surface area (Å²) in [5.74, 6) is 0. The van der Waals surface area contributed by atoms with Crippen molar-refractivity contribution in [2.75, 3.05) is 4.90 Å². The Morgan fingerprint density at radius 3 is 2.47 bits per heavy atom. The van der Waals surface area contributed by atoms with Gasteiger partial charge in [-0.25, -0.2) is 0 Å². The summed E-state index contributed by atoms with van der Waals surface area (Å²) in [5.41, 5.74) is 2.37. The van der Waals surface area contributed by atoms with Crippen molar-refractivity contribution in [3.63, 3.8) is 0 Å². The zero-order valence-corrected chi connectivity index (χ0v) is 11.0.